The number of likely N-dealkylation sites (N-methyl/N-ethyl adjacent to an activating group) is 1. The number of carbonyl (C=O) groups is 1. The number of aliphatic hydroxyl groups excluding tert-OH is 1. The van der Waals surface area contributed by atoms with Crippen LogP contribution in [-0.2, 0) is 9.53 Å². The zero-order chi connectivity index (χ0) is 12.0. The van der Waals surface area contributed by atoms with E-state index in [9.17, 15) is 4.79 Å². The van der Waals surface area contributed by atoms with Crippen molar-refractivity contribution in [2.45, 2.75) is 44.1 Å². The predicted octanol–water partition coefficient (Wildman–Crippen LogP) is 1.18. The monoisotopic (exact) mass is 229 g/mol. The van der Waals surface area contributed by atoms with Gasteiger partial charge < -0.3 is 9.84 Å². The molecule has 1 N–H and O–H groups in total. The number of carbonyl (C=O) groups excluding carboxylic acids is 1. The van der Waals surface area contributed by atoms with E-state index in [-0.39, 0.29) is 12.6 Å². The maximum atomic E-state index is 11.9. The molecule has 16 heavy (non-hydrogen) atoms. The number of methoxy groups -OCH3 is 1. The van der Waals surface area contributed by atoms with Crippen molar-refractivity contribution in [3.63, 3.8) is 0 Å². The normalized spacial score (nSPS) is 19.0. The van der Waals surface area contributed by atoms with Gasteiger partial charge in [0.1, 0.15) is 5.54 Å². The van der Waals surface area contributed by atoms with Crippen LogP contribution in [0.15, 0.2) is 0 Å². The SMILES string of the molecule is COC(=O)C1(N(C)CCCCO)CCCC1. The Labute approximate surface area is 97.6 Å². The van der Waals surface area contributed by atoms with Crippen molar-refractivity contribution >= 4 is 5.97 Å². The topological polar surface area (TPSA) is 49.8 Å². The van der Waals surface area contributed by atoms with Gasteiger partial charge in [-0.2, -0.15) is 0 Å². The summed E-state index contributed by atoms with van der Waals surface area (Å²) in [4.78, 5) is 14.0. The summed E-state index contributed by atoms with van der Waals surface area (Å²) in [5, 5.41) is 8.75. The molecule has 0 saturated heterocycles. The fourth-order valence-corrected chi connectivity index (χ4v) is 2.57. The number of ether oxygens (including phenoxy) is 1. The molecule has 0 radical (unpaired) electrons. The van der Waals surface area contributed by atoms with Crippen molar-refractivity contribution in [2.75, 3.05) is 27.3 Å². The molecule has 0 aromatic rings. The highest BCUT2D eigenvalue weighted by molar-refractivity contribution is 5.81. The minimum absolute atomic E-state index is 0.100. The quantitative estimate of drug-likeness (QED) is 0.549. The third-order valence-electron chi connectivity index (χ3n) is 3.63. The Balaban J connectivity index is 2.58. The summed E-state index contributed by atoms with van der Waals surface area (Å²) in [5.74, 6) is -0.100. The molecule has 0 heterocycles. The smallest absolute Gasteiger partial charge is 0.326 e. The second-order valence-electron chi connectivity index (χ2n) is 4.58. The van der Waals surface area contributed by atoms with Crippen LogP contribution in [0.2, 0.25) is 0 Å². The average Bonchev–Trinajstić information content (AvgIpc) is 2.78. The fraction of sp³-hybridized carbons (Fsp3) is 0.917. The Morgan fingerprint density at radius 1 is 1.38 bits per heavy atom. The first-order valence-electron chi connectivity index (χ1n) is 6.08. The summed E-state index contributed by atoms with van der Waals surface area (Å²) < 4.78 is 4.93. The molecular weight excluding hydrogens is 206 g/mol. The molecule has 1 aliphatic rings. The standard InChI is InChI=1S/C12H23NO3/c1-13(9-5-6-10-14)12(11(15)16-2)7-3-4-8-12/h14H,3-10H2,1-2H3. The van der Waals surface area contributed by atoms with Gasteiger partial charge >= 0.3 is 5.97 Å². The highest BCUT2D eigenvalue weighted by atomic mass is 16.5. The summed E-state index contributed by atoms with van der Waals surface area (Å²) in [5.41, 5.74) is -0.399. The van der Waals surface area contributed by atoms with Gasteiger partial charge in [0, 0.05) is 6.61 Å². The lowest BCUT2D eigenvalue weighted by Gasteiger charge is -2.36. The van der Waals surface area contributed by atoms with Gasteiger partial charge in [-0.05, 0) is 39.3 Å². The lowest BCUT2D eigenvalue weighted by atomic mass is 9.95. The van der Waals surface area contributed by atoms with Crippen molar-refractivity contribution < 1.29 is 14.6 Å². The summed E-state index contributed by atoms with van der Waals surface area (Å²) in [7, 11) is 3.45. The molecule has 0 aromatic heterocycles. The Hall–Kier alpha value is -0.610. The number of hydrogen-bond acceptors (Lipinski definition) is 4. The van der Waals surface area contributed by atoms with Gasteiger partial charge in [0.2, 0.25) is 0 Å². The number of rotatable bonds is 6. The summed E-state index contributed by atoms with van der Waals surface area (Å²) in [6.45, 7) is 1.06. The molecule has 0 amide bonds. The highest BCUT2D eigenvalue weighted by Gasteiger charge is 2.45. The van der Waals surface area contributed by atoms with Gasteiger partial charge in [-0.1, -0.05) is 12.8 Å². The number of aliphatic hydroxyl groups is 1. The minimum Gasteiger partial charge on any atom is -0.468 e. The second-order valence-corrected chi connectivity index (χ2v) is 4.58. The summed E-state index contributed by atoms with van der Waals surface area (Å²) >= 11 is 0. The van der Waals surface area contributed by atoms with Crippen molar-refractivity contribution in [3.05, 3.63) is 0 Å². The molecule has 4 heteroatoms. The molecule has 0 atom stereocenters. The fourth-order valence-electron chi connectivity index (χ4n) is 2.57. The van der Waals surface area contributed by atoms with Crippen molar-refractivity contribution in [3.8, 4) is 0 Å². The molecule has 1 aliphatic carbocycles. The first-order valence-corrected chi connectivity index (χ1v) is 6.08. The van der Waals surface area contributed by atoms with E-state index in [1.807, 2.05) is 7.05 Å². The molecule has 0 unspecified atom stereocenters. The summed E-state index contributed by atoms with van der Waals surface area (Å²) in [6, 6.07) is 0. The molecule has 1 fully saturated rings. The van der Waals surface area contributed by atoms with Crippen molar-refractivity contribution in [2.24, 2.45) is 0 Å². The van der Waals surface area contributed by atoms with E-state index >= 15 is 0 Å². The average molecular weight is 229 g/mol. The van der Waals surface area contributed by atoms with Crippen LogP contribution in [-0.4, -0.2) is 48.8 Å². The maximum absolute atomic E-state index is 11.9. The van der Waals surface area contributed by atoms with Gasteiger partial charge in [-0.3, -0.25) is 9.69 Å². The third-order valence-corrected chi connectivity index (χ3v) is 3.63. The molecule has 1 rings (SSSR count). The minimum atomic E-state index is -0.399. The van der Waals surface area contributed by atoms with Gasteiger partial charge in [0.25, 0.3) is 0 Å². The van der Waals surface area contributed by atoms with Gasteiger partial charge in [-0.15, -0.1) is 0 Å². The van der Waals surface area contributed by atoms with Crippen molar-refractivity contribution in [1.82, 2.24) is 4.90 Å². The molecule has 0 spiro atoms. The molecule has 0 aromatic carbocycles. The van der Waals surface area contributed by atoms with Crippen LogP contribution < -0.4 is 0 Å². The number of esters is 1. The van der Waals surface area contributed by atoms with Crippen molar-refractivity contribution in [1.29, 1.82) is 0 Å². The van der Waals surface area contributed by atoms with Crippen LogP contribution in [0.1, 0.15) is 38.5 Å². The Kier molecular flexibility index (Phi) is 5.22. The van der Waals surface area contributed by atoms with E-state index in [4.69, 9.17) is 9.84 Å². The summed E-state index contributed by atoms with van der Waals surface area (Å²) in [6.07, 6.45) is 5.71. The van der Waals surface area contributed by atoms with Gasteiger partial charge in [-0.25, -0.2) is 0 Å². The molecule has 94 valence electrons. The van der Waals surface area contributed by atoms with E-state index in [0.29, 0.717) is 0 Å². The second kappa shape index (κ2) is 6.21. The third kappa shape index (κ3) is 2.74. The largest absolute Gasteiger partial charge is 0.468 e. The Bertz CT molecular complexity index is 224. The van der Waals surface area contributed by atoms with Crippen LogP contribution in [0, 0.1) is 0 Å². The predicted molar refractivity (Wildman–Crippen MR) is 62.2 cm³/mol. The van der Waals surface area contributed by atoms with Crippen LogP contribution in [0.3, 0.4) is 0 Å². The lowest BCUT2D eigenvalue weighted by Crippen LogP contribution is -2.51. The number of unbranched alkanes of at least 4 members (excludes halogenated alkanes) is 1. The maximum Gasteiger partial charge on any atom is 0.326 e. The Morgan fingerprint density at radius 2 is 2.00 bits per heavy atom. The molecule has 1 saturated carbocycles. The molecule has 0 aliphatic heterocycles. The lowest BCUT2D eigenvalue weighted by molar-refractivity contribution is -0.154. The highest BCUT2D eigenvalue weighted by Crippen LogP contribution is 2.35. The molecule has 0 bridgehead atoms. The zero-order valence-corrected chi connectivity index (χ0v) is 10.4. The number of nitrogens with zero attached hydrogens (tertiary/aromatic N) is 1. The van der Waals surface area contributed by atoms with Crippen LogP contribution in [0.5, 0.6) is 0 Å². The van der Waals surface area contributed by atoms with E-state index in [0.717, 1.165) is 45.1 Å². The zero-order valence-electron chi connectivity index (χ0n) is 10.4. The molecule has 4 nitrogen and oxygen atoms in total. The van der Waals surface area contributed by atoms with Gasteiger partial charge in [0.05, 0.1) is 7.11 Å². The molecular formula is C12H23NO3. The van der Waals surface area contributed by atoms with E-state index < -0.39 is 5.54 Å². The van der Waals surface area contributed by atoms with Gasteiger partial charge in [0.15, 0.2) is 0 Å². The first kappa shape index (κ1) is 13.5. The van der Waals surface area contributed by atoms with Crippen LogP contribution in [0.25, 0.3) is 0 Å². The number of hydrogen-bond donors (Lipinski definition) is 1. The van der Waals surface area contributed by atoms with E-state index in [1.54, 1.807) is 0 Å². The van der Waals surface area contributed by atoms with E-state index in [2.05, 4.69) is 4.90 Å². The Morgan fingerprint density at radius 3 is 2.50 bits per heavy atom. The van der Waals surface area contributed by atoms with Crippen LogP contribution >= 0.6 is 0 Å². The van der Waals surface area contributed by atoms with E-state index in [1.165, 1.54) is 7.11 Å². The first-order chi connectivity index (χ1) is 7.67. The van der Waals surface area contributed by atoms with Crippen LogP contribution in [0.4, 0.5) is 0 Å².